The van der Waals surface area contributed by atoms with Crippen LogP contribution in [0.5, 0.6) is 5.75 Å². The number of carbonyl (C=O) groups excluding carboxylic acids is 2. The molecule has 1 atom stereocenters. The lowest BCUT2D eigenvalue weighted by Gasteiger charge is -2.33. The summed E-state index contributed by atoms with van der Waals surface area (Å²) in [4.78, 5) is 27.9. The van der Waals surface area contributed by atoms with E-state index in [0.717, 1.165) is 25.3 Å². The first kappa shape index (κ1) is 14.8. The Morgan fingerprint density at radius 2 is 2.23 bits per heavy atom. The number of piperazine rings is 1. The molecule has 1 fully saturated rings. The smallest absolute Gasteiger partial charge is 0.265 e. The Bertz CT molecular complexity index is 576. The van der Waals surface area contributed by atoms with Crippen LogP contribution in [0.4, 0.5) is 5.69 Å². The minimum atomic E-state index is -0.0971. The summed E-state index contributed by atoms with van der Waals surface area (Å²) < 4.78 is 5.41. The highest BCUT2D eigenvalue weighted by Crippen LogP contribution is 2.31. The molecular weight excluding hydrogens is 282 g/mol. The predicted octanol–water partition coefficient (Wildman–Crippen LogP) is 0.622. The molecule has 0 spiro atoms. The second-order valence-electron chi connectivity index (χ2n) is 5.75. The minimum absolute atomic E-state index is 0.0376. The Kier molecular flexibility index (Phi) is 4.29. The van der Waals surface area contributed by atoms with Gasteiger partial charge in [-0.1, -0.05) is 12.1 Å². The molecule has 2 aliphatic rings. The summed E-state index contributed by atoms with van der Waals surface area (Å²) in [6.45, 7) is 4.79. The van der Waals surface area contributed by atoms with Gasteiger partial charge in [0, 0.05) is 38.6 Å². The number of ether oxygens (including phenoxy) is 1. The third-order valence-corrected chi connectivity index (χ3v) is 4.08. The molecule has 1 N–H and O–H groups in total. The normalized spacial score (nSPS) is 21.3. The Balaban J connectivity index is 1.63. The van der Waals surface area contributed by atoms with Crippen LogP contribution in [-0.4, -0.2) is 55.5 Å². The second-order valence-corrected chi connectivity index (χ2v) is 5.75. The van der Waals surface area contributed by atoms with Crippen molar-refractivity contribution in [2.24, 2.45) is 0 Å². The number of rotatable bonds is 3. The topological polar surface area (TPSA) is 61.9 Å². The van der Waals surface area contributed by atoms with Crippen molar-refractivity contribution in [2.45, 2.75) is 19.4 Å². The second kappa shape index (κ2) is 6.36. The maximum atomic E-state index is 12.3. The molecule has 3 rings (SSSR count). The number of fused-ring (bicyclic) bond motifs is 1. The van der Waals surface area contributed by atoms with Gasteiger partial charge in [0.15, 0.2) is 6.61 Å². The van der Waals surface area contributed by atoms with E-state index < -0.39 is 0 Å². The van der Waals surface area contributed by atoms with Crippen molar-refractivity contribution in [1.82, 2.24) is 10.2 Å². The van der Waals surface area contributed by atoms with Crippen LogP contribution in [0.1, 0.15) is 13.3 Å². The summed E-state index contributed by atoms with van der Waals surface area (Å²) in [5, 5.41) is 3.32. The van der Waals surface area contributed by atoms with Crippen LogP contribution in [0.15, 0.2) is 24.3 Å². The molecule has 118 valence electrons. The van der Waals surface area contributed by atoms with E-state index in [1.807, 2.05) is 29.2 Å². The zero-order valence-electron chi connectivity index (χ0n) is 12.7. The molecule has 2 heterocycles. The molecule has 0 radical (unpaired) electrons. The van der Waals surface area contributed by atoms with Gasteiger partial charge in [-0.15, -0.1) is 0 Å². The third kappa shape index (κ3) is 3.06. The zero-order chi connectivity index (χ0) is 15.5. The average Bonchev–Trinajstić information content (AvgIpc) is 2.53. The first-order chi connectivity index (χ1) is 10.6. The van der Waals surface area contributed by atoms with Crippen molar-refractivity contribution in [2.75, 3.05) is 37.7 Å². The number of benzene rings is 1. The van der Waals surface area contributed by atoms with E-state index in [0.29, 0.717) is 24.8 Å². The van der Waals surface area contributed by atoms with Gasteiger partial charge >= 0.3 is 0 Å². The standard InChI is InChI=1S/C16H21N3O3/c1-12-10-18(9-7-17-12)15(20)6-8-19-13-4-2-3-5-14(13)22-11-16(19)21/h2-5,12,17H,6-11H2,1H3. The van der Waals surface area contributed by atoms with E-state index in [2.05, 4.69) is 12.2 Å². The third-order valence-electron chi connectivity index (χ3n) is 4.08. The Labute approximate surface area is 130 Å². The van der Waals surface area contributed by atoms with E-state index in [1.165, 1.54) is 0 Å². The molecule has 0 bridgehead atoms. The Morgan fingerprint density at radius 1 is 1.41 bits per heavy atom. The lowest BCUT2D eigenvalue weighted by molar-refractivity contribution is -0.132. The van der Waals surface area contributed by atoms with Crippen molar-refractivity contribution >= 4 is 17.5 Å². The molecule has 22 heavy (non-hydrogen) atoms. The predicted molar refractivity (Wildman–Crippen MR) is 83.0 cm³/mol. The number of carbonyl (C=O) groups is 2. The van der Waals surface area contributed by atoms with Crippen molar-refractivity contribution in [3.8, 4) is 5.75 Å². The highest BCUT2D eigenvalue weighted by Gasteiger charge is 2.27. The summed E-state index contributed by atoms with van der Waals surface area (Å²) in [6, 6.07) is 7.76. The Morgan fingerprint density at radius 3 is 3.05 bits per heavy atom. The van der Waals surface area contributed by atoms with Crippen LogP contribution in [0.2, 0.25) is 0 Å². The number of nitrogens with zero attached hydrogens (tertiary/aromatic N) is 2. The van der Waals surface area contributed by atoms with Crippen LogP contribution in [-0.2, 0) is 9.59 Å². The maximum Gasteiger partial charge on any atom is 0.265 e. The van der Waals surface area contributed by atoms with Gasteiger partial charge in [-0.2, -0.15) is 0 Å². The molecule has 2 aliphatic heterocycles. The summed E-state index contributed by atoms with van der Waals surface area (Å²) in [5.41, 5.74) is 0.750. The fraction of sp³-hybridized carbons (Fsp3) is 0.500. The van der Waals surface area contributed by atoms with Gasteiger partial charge < -0.3 is 19.9 Å². The fourth-order valence-corrected chi connectivity index (χ4v) is 2.92. The highest BCUT2D eigenvalue weighted by molar-refractivity contribution is 5.98. The largest absolute Gasteiger partial charge is 0.482 e. The molecule has 1 aromatic carbocycles. The quantitative estimate of drug-likeness (QED) is 0.889. The summed E-state index contributed by atoms with van der Waals surface area (Å²) in [5.74, 6) is 0.704. The van der Waals surface area contributed by atoms with Crippen LogP contribution in [0.25, 0.3) is 0 Å². The fourth-order valence-electron chi connectivity index (χ4n) is 2.92. The van der Waals surface area contributed by atoms with E-state index >= 15 is 0 Å². The van der Waals surface area contributed by atoms with Gasteiger partial charge in [0.05, 0.1) is 5.69 Å². The molecule has 1 unspecified atom stereocenters. The molecule has 2 amide bonds. The van der Waals surface area contributed by atoms with Crippen LogP contribution >= 0.6 is 0 Å². The molecule has 0 aliphatic carbocycles. The number of hydrogen-bond donors (Lipinski definition) is 1. The number of anilines is 1. The van der Waals surface area contributed by atoms with Gasteiger partial charge in [0.25, 0.3) is 5.91 Å². The van der Waals surface area contributed by atoms with Gasteiger partial charge in [0.2, 0.25) is 5.91 Å². The average molecular weight is 303 g/mol. The number of hydrogen-bond acceptors (Lipinski definition) is 4. The van der Waals surface area contributed by atoms with Crippen molar-refractivity contribution in [3.05, 3.63) is 24.3 Å². The summed E-state index contributed by atoms with van der Waals surface area (Å²) >= 11 is 0. The van der Waals surface area contributed by atoms with Gasteiger partial charge in [0.1, 0.15) is 5.75 Å². The lowest BCUT2D eigenvalue weighted by atomic mass is 10.2. The van der Waals surface area contributed by atoms with E-state index in [-0.39, 0.29) is 18.4 Å². The van der Waals surface area contributed by atoms with E-state index in [1.54, 1.807) is 4.90 Å². The molecule has 0 aromatic heterocycles. The summed E-state index contributed by atoms with van der Waals surface area (Å²) in [7, 11) is 0. The SMILES string of the molecule is CC1CN(C(=O)CCN2C(=O)COc3ccccc32)CCN1. The molecule has 1 saturated heterocycles. The molecule has 6 nitrogen and oxygen atoms in total. The Hall–Kier alpha value is -2.08. The molecule has 1 aromatic rings. The zero-order valence-corrected chi connectivity index (χ0v) is 12.7. The van der Waals surface area contributed by atoms with Crippen molar-refractivity contribution in [3.63, 3.8) is 0 Å². The van der Waals surface area contributed by atoms with Gasteiger partial charge in [-0.05, 0) is 19.1 Å². The maximum absolute atomic E-state index is 12.3. The molecule has 6 heteroatoms. The molecular formula is C16H21N3O3. The number of amides is 2. The van der Waals surface area contributed by atoms with Crippen molar-refractivity contribution in [1.29, 1.82) is 0 Å². The summed E-state index contributed by atoms with van der Waals surface area (Å²) in [6.07, 6.45) is 0.340. The van der Waals surface area contributed by atoms with Gasteiger partial charge in [-0.25, -0.2) is 0 Å². The van der Waals surface area contributed by atoms with Crippen LogP contribution in [0.3, 0.4) is 0 Å². The lowest BCUT2D eigenvalue weighted by Crippen LogP contribution is -2.52. The van der Waals surface area contributed by atoms with E-state index in [4.69, 9.17) is 4.74 Å². The molecule has 0 saturated carbocycles. The monoisotopic (exact) mass is 303 g/mol. The number of para-hydroxylation sites is 2. The van der Waals surface area contributed by atoms with E-state index in [9.17, 15) is 9.59 Å². The first-order valence-electron chi connectivity index (χ1n) is 7.68. The van der Waals surface area contributed by atoms with Gasteiger partial charge in [-0.3, -0.25) is 9.59 Å². The highest BCUT2D eigenvalue weighted by atomic mass is 16.5. The van der Waals surface area contributed by atoms with Crippen LogP contribution < -0.4 is 15.0 Å². The van der Waals surface area contributed by atoms with Crippen LogP contribution in [0, 0.1) is 0 Å². The van der Waals surface area contributed by atoms with Crippen molar-refractivity contribution < 1.29 is 14.3 Å². The number of nitrogens with one attached hydrogen (secondary N) is 1. The first-order valence-corrected chi connectivity index (χ1v) is 7.68. The minimum Gasteiger partial charge on any atom is -0.482 e.